The molecule has 0 aromatic carbocycles. The van der Waals surface area contributed by atoms with E-state index in [0.29, 0.717) is 19.3 Å². The lowest BCUT2D eigenvalue weighted by Crippen LogP contribution is -2.64. The number of terminal acetylenes is 1. The van der Waals surface area contributed by atoms with Crippen LogP contribution in [0.1, 0.15) is 58.8 Å². The molecule has 4 saturated carbocycles. The van der Waals surface area contributed by atoms with E-state index < -0.39 is 23.2 Å². The Labute approximate surface area is 150 Å². The predicted octanol–water partition coefficient (Wildman–Crippen LogP) is 1.70. The molecule has 4 fully saturated rings. The molecule has 4 heteroatoms. The van der Waals surface area contributed by atoms with Gasteiger partial charge in [0.05, 0.1) is 18.3 Å². The van der Waals surface area contributed by atoms with Gasteiger partial charge in [-0.05, 0) is 74.0 Å². The van der Waals surface area contributed by atoms with E-state index in [2.05, 4.69) is 12.8 Å². The molecule has 0 saturated heterocycles. The van der Waals surface area contributed by atoms with Gasteiger partial charge in [-0.1, -0.05) is 19.8 Å². The predicted molar refractivity (Wildman–Crippen MR) is 94.3 cm³/mol. The van der Waals surface area contributed by atoms with Gasteiger partial charge in [0, 0.05) is 5.41 Å². The summed E-state index contributed by atoms with van der Waals surface area (Å²) in [5, 5.41) is 43.3. The molecular weight excluding hydrogens is 316 g/mol. The van der Waals surface area contributed by atoms with E-state index >= 15 is 0 Å². The first-order valence-corrected chi connectivity index (χ1v) is 9.90. The lowest BCUT2D eigenvalue weighted by Gasteiger charge is -2.63. The SMILES string of the molecule is C#C[C@]1(O)CC[C@H]2[C@H]3[C@H]([C@@H](O)C[C@@]21C)[C@@]1(C)CC[C@@H](O)C[C@H]1C[C@@H]3O. The van der Waals surface area contributed by atoms with Crippen molar-refractivity contribution in [2.75, 3.05) is 0 Å². The van der Waals surface area contributed by atoms with Gasteiger partial charge < -0.3 is 20.4 Å². The van der Waals surface area contributed by atoms with Crippen molar-refractivity contribution >= 4 is 0 Å². The van der Waals surface area contributed by atoms with Crippen LogP contribution in [0, 0.1) is 46.8 Å². The fraction of sp³-hybridized carbons (Fsp3) is 0.905. The highest BCUT2D eigenvalue weighted by Gasteiger charge is 2.68. The Balaban J connectivity index is 1.75. The molecule has 0 amide bonds. The van der Waals surface area contributed by atoms with Crippen LogP contribution in [0.4, 0.5) is 0 Å². The normalized spacial score (nSPS) is 60.9. The topological polar surface area (TPSA) is 80.9 Å². The molecule has 4 aliphatic rings. The zero-order valence-corrected chi connectivity index (χ0v) is 15.4. The Hall–Kier alpha value is -0.600. The molecule has 10 atom stereocenters. The Morgan fingerprint density at radius 1 is 1.00 bits per heavy atom. The number of aliphatic hydroxyl groups excluding tert-OH is 3. The second kappa shape index (κ2) is 5.45. The first-order valence-electron chi connectivity index (χ1n) is 9.90. The van der Waals surface area contributed by atoms with Gasteiger partial charge in [0.1, 0.15) is 5.60 Å². The van der Waals surface area contributed by atoms with Gasteiger partial charge in [-0.25, -0.2) is 0 Å². The molecular formula is C21H32O4. The Bertz CT molecular complexity index is 599. The fourth-order valence-corrected chi connectivity index (χ4v) is 7.55. The summed E-state index contributed by atoms with van der Waals surface area (Å²) in [7, 11) is 0. The molecule has 4 aliphatic carbocycles. The van der Waals surface area contributed by atoms with Crippen LogP contribution >= 0.6 is 0 Å². The van der Waals surface area contributed by atoms with Crippen LogP contribution in [-0.2, 0) is 0 Å². The number of fused-ring (bicyclic) bond motifs is 5. The second-order valence-electron chi connectivity index (χ2n) is 9.88. The van der Waals surface area contributed by atoms with Gasteiger partial charge in [-0.2, -0.15) is 0 Å². The molecule has 140 valence electrons. The monoisotopic (exact) mass is 348 g/mol. The Kier molecular flexibility index (Phi) is 3.88. The van der Waals surface area contributed by atoms with Crippen molar-refractivity contribution in [1.29, 1.82) is 0 Å². The minimum atomic E-state index is -1.19. The lowest BCUT2D eigenvalue weighted by molar-refractivity contribution is -0.221. The molecule has 0 unspecified atom stereocenters. The Morgan fingerprint density at radius 2 is 1.72 bits per heavy atom. The van der Waals surface area contributed by atoms with E-state index in [0.717, 1.165) is 25.7 Å². The van der Waals surface area contributed by atoms with Crippen LogP contribution in [0.3, 0.4) is 0 Å². The molecule has 4 nitrogen and oxygen atoms in total. The van der Waals surface area contributed by atoms with Gasteiger partial charge in [-0.15, -0.1) is 6.42 Å². The average molecular weight is 348 g/mol. The number of aliphatic hydroxyl groups is 4. The van der Waals surface area contributed by atoms with Gasteiger partial charge in [-0.3, -0.25) is 0 Å². The third kappa shape index (κ3) is 2.16. The number of hydrogen-bond donors (Lipinski definition) is 4. The molecule has 4 rings (SSSR count). The smallest absolute Gasteiger partial charge is 0.130 e. The van der Waals surface area contributed by atoms with Gasteiger partial charge in [0.15, 0.2) is 0 Å². The summed E-state index contributed by atoms with van der Waals surface area (Å²) >= 11 is 0. The van der Waals surface area contributed by atoms with Crippen molar-refractivity contribution in [3.63, 3.8) is 0 Å². The summed E-state index contributed by atoms with van der Waals surface area (Å²) in [6, 6.07) is 0. The zero-order chi connectivity index (χ0) is 18.2. The molecule has 0 bridgehead atoms. The fourth-order valence-electron chi connectivity index (χ4n) is 7.55. The molecule has 4 N–H and O–H groups in total. The minimum Gasteiger partial charge on any atom is -0.393 e. The first kappa shape index (κ1) is 17.8. The summed E-state index contributed by atoms with van der Waals surface area (Å²) < 4.78 is 0. The van der Waals surface area contributed by atoms with Crippen molar-refractivity contribution in [3.05, 3.63) is 0 Å². The maximum absolute atomic E-state index is 11.2. The summed E-state index contributed by atoms with van der Waals surface area (Å²) in [6.07, 6.45) is 9.27. The molecule has 0 aromatic heterocycles. The molecule has 0 heterocycles. The molecule has 0 radical (unpaired) electrons. The van der Waals surface area contributed by atoms with Crippen LogP contribution < -0.4 is 0 Å². The van der Waals surface area contributed by atoms with Crippen molar-refractivity contribution < 1.29 is 20.4 Å². The van der Waals surface area contributed by atoms with Crippen molar-refractivity contribution in [2.24, 2.45) is 34.5 Å². The van der Waals surface area contributed by atoms with Crippen LogP contribution in [0.15, 0.2) is 0 Å². The quantitative estimate of drug-likeness (QED) is 0.502. The maximum Gasteiger partial charge on any atom is 0.130 e. The van der Waals surface area contributed by atoms with E-state index in [9.17, 15) is 20.4 Å². The molecule has 0 aliphatic heterocycles. The third-order valence-corrected chi connectivity index (χ3v) is 8.98. The first-order chi connectivity index (χ1) is 11.7. The van der Waals surface area contributed by atoms with E-state index in [-0.39, 0.29) is 35.2 Å². The third-order valence-electron chi connectivity index (χ3n) is 8.98. The summed E-state index contributed by atoms with van der Waals surface area (Å²) in [6.45, 7) is 4.26. The highest BCUT2D eigenvalue weighted by molar-refractivity contribution is 5.25. The summed E-state index contributed by atoms with van der Waals surface area (Å²) in [5.41, 5.74) is -1.79. The Morgan fingerprint density at radius 3 is 2.40 bits per heavy atom. The van der Waals surface area contributed by atoms with Crippen LogP contribution in [0.25, 0.3) is 0 Å². The van der Waals surface area contributed by atoms with Gasteiger partial charge in [0.25, 0.3) is 0 Å². The zero-order valence-electron chi connectivity index (χ0n) is 15.4. The van der Waals surface area contributed by atoms with Crippen LogP contribution in [-0.4, -0.2) is 44.3 Å². The maximum atomic E-state index is 11.2. The van der Waals surface area contributed by atoms with E-state index in [1.54, 1.807) is 0 Å². The van der Waals surface area contributed by atoms with Gasteiger partial charge >= 0.3 is 0 Å². The highest BCUT2D eigenvalue weighted by Crippen LogP contribution is 2.68. The molecule has 25 heavy (non-hydrogen) atoms. The molecule has 0 spiro atoms. The number of rotatable bonds is 0. The summed E-state index contributed by atoms with van der Waals surface area (Å²) in [5.74, 6) is 3.00. The molecule has 0 aromatic rings. The number of hydrogen-bond acceptors (Lipinski definition) is 4. The van der Waals surface area contributed by atoms with Crippen molar-refractivity contribution in [2.45, 2.75) is 82.7 Å². The van der Waals surface area contributed by atoms with Gasteiger partial charge in [0.2, 0.25) is 0 Å². The van der Waals surface area contributed by atoms with E-state index in [1.165, 1.54) is 0 Å². The van der Waals surface area contributed by atoms with Crippen LogP contribution in [0.5, 0.6) is 0 Å². The van der Waals surface area contributed by atoms with E-state index in [4.69, 9.17) is 6.42 Å². The van der Waals surface area contributed by atoms with Crippen molar-refractivity contribution in [3.8, 4) is 12.3 Å². The van der Waals surface area contributed by atoms with E-state index in [1.807, 2.05) is 6.92 Å². The average Bonchev–Trinajstić information content (AvgIpc) is 2.81. The summed E-state index contributed by atoms with van der Waals surface area (Å²) in [4.78, 5) is 0. The second-order valence-corrected chi connectivity index (χ2v) is 9.88. The lowest BCUT2D eigenvalue weighted by atomic mass is 9.43. The van der Waals surface area contributed by atoms with Crippen LogP contribution in [0.2, 0.25) is 0 Å². The van der Waals surface area contributed by atoms with Crippen molar-refractivity contribution in [1.82, 2.24) is 0 Å². The minimum absolute atomic E-state index is 0.0203. The standard InChI is InChI=1S/C21H32O4/c1-4-21(25)8-6-14-17-15(23)10-12-9-13(22)5-7-19(12,2)18(17)16(24)11-20(14,21)3/h1,12-18,22-25H,5-11H2,2-3H3/t12-,13+,14-,15-,16-,17+,18-,19-,20-,21-/m0/s1. The highest BCUT2D eigenvalue weighted by atomic mass is 16.3. The largest absolute Gasteiger partial charge is 0.393 e.